The van der Waals surface area contributed by atoms with E-state index in [1.165, 1.54) is 0 Å². The fraction of sp³-hybridized carbons (Fsp3) is 0.625. The molecule has 13 heavy (non-hydrogen) atoms. The van der Waals surface area contributed by atoms with Crippen LogP contribution < -0.4 is 0 Å². The van der Waals surface area contributed by atoms with Crippen LogP contribution >= 0.6 is 15.9 Å². The maximum atomic E-state index is 10.9. The van der Waals surface area contributed by atoms with Gasteiger partial charge in [-0.2, -0.15) is 0 Å². The van der Waals surface area contributed by atoms with Crippen molar-refractivity contribution in [3.05, 3.63) is 11.1 Å². The molecule has 0 aliphatic rings. The molecule has 0 aromatic rings. The van der Waals surface area contributed by atoms with Gasteiger partial charge in [-0.25, -0.2) is 4.79 Å². The van der Waals surface area contributed by atoms with Crippen LogP contribution in [-0.2, 0) is 14.0 Å². The predicted octanol–water partition coefficient (Wildman–Crippen LogP) is 2.29. The molecular formula is C8H15BrO3Si. The lowest BCUT2D eigenvalue weighted by Gasteiger charge is -2.16. The second-order valence-corrected chi connectivity index (χ2v) is 8.97. The van der Waals surface area contributed by atoms with E-state index >= 15 is 0 Å². The van der Waals surface area contributed by atoms with Gasteiger partial charge in [0.1, 0.15) is 6.61 Å². The Labute approximate surface area is 88.4 Å². The summed E-state index contributed by atoms with van der Waals surface area (Å²) in [6.45, 7) is 10.4. The summed E-state index contributed by atoms with van der Waals surface area (Å²) in [5, 5.41) is 0. The van der Waals surface area contributed by atoms with Crippen LogP contribution in [0.15, 0.2) is 11.1 Å². The minimum absolute atomic E-state index is 0.237. The third kappa shape index (κ3) is 8.20. The largest absolute Gasteiger partial charge is 0.459 e. The summed E-state index contributed by atoms with van der Waals surface area (Å²) < 4.78 is 10.5. The van der Waals surface area contributed by atoms with Crippen LogP contribution in [0.5, 0.6) is 0 Å². The molecule has 0 amide bonds. The molecule has 3 nitrogen and oxygen atoms in total. The Morgan fingerprint density at radius 1 is 1.38 bits per heavy atom. The first-order valence-electron chi connectivity index (χ1n) is 3.98. The van der Waals surface area contributed by atoms with Gasteiger partial charge in [-0.15, -0.1) is 0 Å². The number of esters is 1. The molecule has 0 spiro atoms. The second kappa shape index (κ2) is 5.57. The third-order valence-corrected chi connectivity index (χ3v) is 2.47. The van der Waals surface area contributed by atoms with Crippen LogP contribution in [0.1, 0.15) is 0 Å². The highest BCUT2D eigenvalue weighted by Crippen LogP contribution is 2.04. The van der Waals surface area contributed by atoms with Gasteiger partial charge in [0.05, 0.1) is 11.1 Å². The van der Waals surface area contributed by atoms with E-state index < -0.39 is 14.3 Å². The average molecular weight is 267 g/mol. The van der Waals surface area contributed by atoms with Crippen LogP contribution in [0.2, 0.25) is 19.6 Å². The first-order chi connectivity index (χ1) is 5.83. The van der Waals surface area contributed by atoms with Gasteiger partial charge < -0.3 is 9.16 Å². The Morgan fingerprint density at radius 3 is 2.31 bits per heavy atom. The van der Waals surface area contributed by atoms with Crippen molar-refractivity contribution in [2.45, 2.75) is 19.6 Å². The molecule has 0 unspecified atom stereocenters. The highest BCUT2D eigenvalue weighted by Gasteiger charge is 2.13. The molecule has 0 radical (unpaired) electrons. The minimum atomic E-state index is -1.48. The zero-order valence-electron chi connectivity index (χ0n) is 8.22. The first kappa shape index (κ1) is 12.9. The zero-order valence-corrected chi connectivity index (χ0v) is 10.8. The van der Waals surface area contributed by atoms with Crippen molar-refractivity contribution >= 4 is 30.2 Å². The fourth-order valence-electron chi connectivity index (χ4n) is 0.561. The van der Waals surface area contributed by atoms with E-state index in [2.05, 4.69) is 42.1 Å². The highest BCUT2D eigenvalue weighted by atomic mass is 79.9. The molecule has 0 aromatic heterocycles. The van der Waals surface area contributed by atoms with Crippen molar-refractivity contribution in [3.63, 3.8) is 0 Å². The molecule has 0 aromatic carbocycles. The fourth-order valence-corrected chi connectivity index (χ4v) is 1.37. The van der Waals surface area contributed by atoms with Gasteiger partial charge in [-0.1, -0.05) is 6.58 Å². The highest BCUT2D eigenvalue weighted by molar-refractivity contribution is 9.12. The molecule has 0 saturated carbocycles. The molecule has 0 N–H and O–H groups in total. The van der Waals surface area contributed by atoms with Crippen LogP contribution in [0, 0.1) is 0 Å². The van der Waals surface area contributed by atoms with E-state index in [9.17, 15) is 4.79 Å². The van der Waals surface area contributed by atoms with Crippen LogP contribution in [0.4, 0.5) is 0 Å². The molecule has 0 saturated heterocycles. The molecule has 0 heterocycles. The van der Waals surface area contributed by atoms with Crippen molar-refractivity contribution in [2.75, 3.05) is 13.2 Å². The lowest BCUT2D eigenvalue weighted by Crippen LogP contribution is -2.27. The van der Waals surface area contributed by atoms with Crippen LogP contribution in [-0.4, -0.2) is 27.5 Å². The summed E-state index contributed by atoms with van der Waals surface area (Å²) in [6, 6.07) is 0. The Kier molecular flexibility index (Phi) is 5.51. The monoisotopic (exact) mass is 266 g/mol. The summed E-state index contributed by atoms with van der Waals surface area (Å²) in [4.78, 5) is 10.9. The van der Waals surface area contributed by atoms with E-state index in [4.69, 9.17) is 9.16 Å². The van der Waals surface area contributed by atoms with Gasteiger partial charge in [-0.3, -0.25) is 0 Å². The average Bonchev–Trinajstić information content (AvgIpc) is 1.95. The van der Waals surface area contributed by atoms with Crippen molar-refractivity contribution in [1.82, 2.24) is 0 Å². The minimum Gasteiger partial charge on any atom is -0.459 e. The van der Waals surface area contributed by atoms with E-state index in [1.807, 2.05) is 0 Å². The summed E-state index contributed by atoms with van der Waals surface area (Å²) in [5.41, 5.74) is 0. The van der Waals surface area contributed by atoms with Crippen molar-refractivity contribution in [2.24, 2.45) is 0 Å². The Bertz CT molecular complexity index is 198. The maximum Gasteiger partial charge on any atom is 0.344 e. The summed E-state index contributed by atoms with van der Waals surface area (Å²) in [5.74, 6) is -0.431. The van der Waals surface area contributed by atoms with Gasteiger partial charge >= 0.3 is 5.97 Å². The van der Waals surface area contributed by atoms with Crippen molar-refractivity contribution in [1.29, 1.82) is 0 Å². The third-order valence-electron chi connectivity index (χ3n) is 1.07. The maximum absolute atomic E-state index is 10.9. The Hall–Kier alpha value is -0.133. The topological polar surface area (TPSA) is 35.5 Å². The molecule has 0 aliphatic heterocycles. The first-order valence-corrected chi connectivity index (χ1v) is 8.18. The van der Waals surface area contributed by atoms with E-state index in [0.29, 0.717) is 6.61 Å². The van der Waals surface area contributed by atoms with Gasteiger partial charge in [0, 0.05) is 0 Å². The van der Waals surface area contributed by atoms with Gasteiger partial charge in [0.15, 0.2) is 8.32 Å². The molecule has 0 rings (SSSR count). The molecular weight excluding hydrogens is 252 g/mol. The van der Waals surface area contributed by atoms with E-state index in [1.54, 1.807) is 0 Å². The van der Waals surface area contributed by atoms with Crippen LogP contribution in [0.3, 0.4) is 0 Å². The molecule has 76 valence electrons. The van der Waals surface area contributed by atoms with Crippen molar-refractivity contribution in [3.8, 4) is 0 Å². The van der Waals surface area contributed by atoms with E-state index in [0.717, 1.165) is 0 Å². The molecule has 0 atom stereocenters. The summed E-state index contributed by atoms with van der Waals surface area (Å²) in [6.07, 6.45) is 0. The number of ether oxygens (including phenoxy) is 1. The number of rotatable bonds is 5. The van der Waals surface area contributed by atoms with Gasteiger partial charge in [-0.05, 0) is 35.6 Å². The number of carbonyl (C=O) groups is 1. The van der Waals surface area contributed by atoms with Crippen molar-refractivity contribution < 1.29 is 14.0 Å². The summed E-state index contributed by atoms with van der Waals surface area (Å²) >= 11 is 2.93. The Morgan fingerprint density at radius 2 is 1.92 bits per heavy atom. The lowest BCUT2D eigenvalue weighted by atomic mass is 10.6. The van der Waals surface area contributed by atoms with Crippen LogP contribution in [0.25, 0.3) is 0 Å². The number of hydrogen-bond acceptors (Lipinski definition) is 3. The zero-order chi connectivity index (χ0) is 10.5. The number of hydrogen-bond donors (Lipinski definition) is 0. The van der Waals surface area contributed by atoms with Gasteiger partial charge in [0.2, 0.25) is 0 Å². The predicted molar refractivity (Wildman–Crippen MR) is 58.3 cm³/mol. The quantitative estimate of drug-likeness (QED) is 0.332. The number of carbonyl (C=O) groups excluding carboxylic acids is 1. The van der Waals surface area contributed by atoms with E-state index in [-0.39, 0.29) is 11.1 Å². The van der Waals surface area contributed by atoms with Gasteiger partial charge in [0.25, 0.3) is 0 Å². The molecule has 0 aliphatic carbocycles. The molecule has 5 heteroatoms. The smallest absolute Gasteiger partial charge is 0.344 e. The second-order valence-electron chi connectivity index (χ2n) is 3.50. The molecule has 0 fully saturated rings. The number of halogens is 1. The normalized spacial score (nSPS) is 11.1. The lowest BCUT2D eigenvalue weighted by molar-refractivity contribution is -0.138. The Balaban J connectivity index is 3.47. The summed E-state index contributed by atoms with van der Waals surface area (Å²) in [7, 11) is -1.48. The molecule has 0 bridgehead atoms. The SMILES string of the molecule is C=C(Br)C(=O)OCCO[Si](C)(C)C. The standard InChI is InChI=1S/C8H15BrO3Si/c1-7(9)8(10)11-5-6-12-13(2,3)4/h1,5-6H2,2-4H3.